The molecule has 2 aromatic heterocycles. The highest BCUT2D eigenvalue weighted by Crippen LogP contribution is 2.16. The number of aliphatic hydroxyl groups excluding tert-OH is 1. The largest absolute Gasteiger partial charge is 0.387 e. The molecule has 0 spiro atoms. The molecule has 0 saturated carbocycles. The maximum atomic E-state index is 11.9. The highest BCUT2D eigenvalue weighted by atomic mass is 16.3. The Kier molecular flexibility index (Phi) is 3.19. The molecule has 1 atom stereocenters. The van der Waals surface area contributed by atoms with Gasteiger partial charge < -0.3 is 9.67 Å². The van der Waals surface area contributed by atoms with E-state index in [0.29, 0.717) is 5.65 Å². The van der Waals surface area contributed by atoms with Gasteiger partial charge in [0.15, 0.2) is 11.2 Å². The van der Waals surface area contributed by atoms with E-state index in [1.54, 1.807) is 4.57 Å². The molecule has 0 bridgehead atoms. The average Bonchev–Trinajstić information content (AvgIpc) is 2.90. The van der Waals surface area contributed by atoms with E-state index in [1.165, 1.54) is 17.9 Å². The summed E-state index contributed by atoms with van der Waals surface area (Å²) < 4.78 is 2.81. The quantitative estimate of drug-likeness (QED) is 0.717. The van der Waals surface area contributed by atoms with Gasteiger partial charge in [-0.2, -0.15) is 0 Å². The van der Waals surface area contributed by atoms with Crippen LogP contribution in [-0.2, 0) is 13.6 Å². The summed E-state index contributed by atoms with van der Waals surface area (Å²) in [5.41, 5.74) is 0.295. The number of benzene rings is 1. The molecule has 108 valence electrons. The molecule has 0 fully saturated rings. The third-order valence-corrected chi connectivity index (χ3v) is 3.43. The van der Waals surface area contributed by atoms with Crippen LogP contribution in [0.3, 0.4) is 0 Å². The van der Waals surface area contributed by atoms with Crippen LogP contribution in [0, 0.1) is 0 Å². The SMILES string of the molecule is Cn1c(=O)[nH]c(=O)c2c1ncn2C[C@@H](O)c1ccccc1. The number of imidazole rings is 1. The number of nitrogens with zero attached hydrogens (tertiary/aromatic N) is 3. The van der Waals surface area contributed by atoms with Gasteiger partial charge in [0, 0.05) is 7.05 Å². The Balaban J connectivity index is 2.05. The number of aromatic amines is 1. The number of rotatable bonds is 3. The molecule has 0 amide bonds. The Bertz CT molecular complexity index is 892. The fraction of sp³-hybridized carbons (Fsp3) is 0.214. The first-order valence-corrected chi connectivity index (χ1v) is 6.45. The van der Waals surface area contributed by atoms with E-state index in [1.807, 2.05) is 30.3 Å². The Morgan fingerprint density at radius 1 is 1.29 bits per heavy atom. The van der Waals surface area contributed by atoms with Crippen LogP contribution in [0.1, 0.15) is 11.7 Å². The van der Waals surface area contributed by atoms with Crippen LogP contribution in [0.4, 0.5) is 0 Å². The first kappa shape index (κ1) is 13.3. The molecule has 0 aliphatic rings. The molecule has 7 heteroatoms. The summed E-state index contributed by atoms with van der Waals surface area (Å²) in [6.45, 7) is 0.182. The van der Waals surface area contributed by atoms with E-state index in [-0.39, 0.29) is 12.1 Å². The van der Waals surface area contributed by atoms with Crippen molar-refractivity contribution in [2.24, 2.45) is 7.05 Å². The van der Waals surface area contributed by atoms with Gasteiger partial charge in [-0.15, -0.1) is 0 Å². The topological polar surface area (TPSA) is 92.9 Å². The van der Waals surface area contributed by atoms with Gasteiger partial charge in [0.05, 0.1) is 19.0 Å². The minimum absolute atomic E-state index is 0.182. The molecular formula is C14H14N4O3. The first-order valence-electron chi connectivity index (χ1n) is 6.45. The second-order valence-corrected chi connectivity index (χ2v) is 4.81. The number of aliphatic hydroxyl groups is 1. The van der Waals surface area contributed by atoms with Crippen LogP contribution in [0.25, 0.3) is 11.2 Å². The maximum absolute atomic E-state index is 11.9. The van der Waals surface area contributed by atoms with Gasteiger partial charge in [-0.05, 0) is 5.56 Å². The molecule has 0 radical (unpaired) electrons. The van der Waals surface area contributed by atoms with E-state index < -0.39 is 17.4 Å². The molecule has 3 aromatic rings. The summed E-state index contributed by atoms with van der Waals surface area (Å²) in [5, 5.41) is 10.2. The van der Waals surface area contributed by atoms with E-state index in [4.69, 9.17) is 0 Å². The second-order valence-electron chi connectivity index (χ2n) is 4.81. The molecular weight excluding hydrogens is 272 g/mol. The molecule has 2 heterocycles. The van der Waals surface area contributed by atoms with Crippen LogP contribution in [0.2, 0.25) is 0 Å². The zero-order chi connectivity index (χ0) is 15.0. The summed E-state index contributed by atoms with van der Waals surface area (Å²) in [6, 6.07) is 9.15. The molecule has 21 heavy (non-hydrogen) atoms. The Morgan fingerprint density at radius 3 is 2.71 bits per heavy atom. The fourth-order valence-corrected chi connectivity index (χ4v) is 2.29. The van der Waals surface area contributed by atoms with Crippen molar-refractivity contribution in [3.8, 4) is 0 Å². The Labute approximate surface area is 119 Å². The predicted octanol–water partition coefficient (Wildman–Crippen LogP) is 0.157. The number of nitrogens with one attached hydrogen (secondary N) is 1. The molecule has 0 aliphatic heterocycles. The number of fused-ring (bicyclic) bond motifs is 1. The van der Waals surface area contributed by atoms with Gasteiger partial charge in [0.1, 0.15) is 0 Å². The standard InChI is InChI=1S/C14H14N4O3/c1-17-12-11(13(20)16-14(17)21)18(8-15-12)7-10(19)9-5-3-2-4-6-9/h2-6,8,10,19H,7H2,1H3,(H,16,20,21)/t10-/m1/s1. The van der Waals surface area contributed by atoms with Gasteiger partial charge in [-0.3, -0.25) is 14.3 Å². The first-order chi connectivity index (χ1) is 10.1. The minimum atomic E-state index is -0.764. The summed E-state index contributed by atoms with van der Waals surface area (Å²) >= 11 is 0. The Hall–Kier alpha value is -2.67. The van der Waals surface area contributed by atoms with Gasteiger partial charge in [0.25, 0.3) is 5.56 Å². The molecule has 0 aliphatic carbocycles. The molecule has 1 aromatic carbocycles. The van der Waals surface area contributed by atoms with Crippen LogP contribution < -0.4 is 11.2 Å². The zero-order valence-electron chi connectivity index (χ0n) is 11.4. The van der Waals surface area contributed by atoms with Crippen molar-refractivity contribution in [2.75, 3.05) is 0 Å². The highest BCUT2D eigenvalue weighted by Gasteiger charge is 2.14. The molecule has 0 saturated heterocycles. The average molecular weight is 286 g/mol. The number of hydrogen-bond acceptors (Lipinski definition) is 4. The lowest BCUT2D eigenvalue weighted by Crippen LogP contribution is -2.29. The Morgan fingerprint density at radius 2 is 2.00 bits per heavy atom. The smallest absolute Gasteiger partial charge is 0.329 e. The lowest BCUT2D eigenvalue weighted by atomic mass is 10.1. The van der Waals surface area contributed by atoms with Crippen LogP contribution in [0.5, 0.6) is 0 Å². The lowest BCUT2D eigenvalue weighted by molar-refractivity contribution is 0.158. The van der Waals surface area contributed by atoms with Gasteiger partial charge in [-0.1, -0.05) is 30.3 Å². The predicted molar refractivity (Wildman–Crippen MR) is 77.0 cm³/mol. The monoisotopic (exact) mass is 286 g/mol. The number of hydrogen-bond donors (Lipinski definition) is 2. The van der Waals surface area contributed by atoms with Crippen molar-refractivity contribution in [3.05, 3.63) is 63.1 Å². The molecule has 3 rings (SSSR count). The summed E-state index contributed by atoms with van der Waals surface area (Å²) in [6.07, 6.45) is 0.686. The van der Waals surface area contributed by atoms with Crippen molar-refractivity contribution in [1.29, 1.82) is 0 Å². The van der Waals surface area contributed by atoms with Crippen molar-refractivity contribution in [1.82, 2.24) is 19.1 Å². The van der Waals surface area contributed by atoms with Crippen LogP contribution in [-0.4, -0.2) is 24.2 Å². The van der Waals surface area contributed by atoms with E-state index in [9.17, 15) is 14.7 Å². The second kappa shape index (κ2) is 5.02. The highest BCUT2D eigenvalue weighted by molar-refractivity contribution is 5.69. The fourth-order valence-electron chi connectivity index (χ4n) is 2.29. The summed E-state index contributed by atoms with van der Waals surface area (Å²) in [7, 11) is 1.53. The number of aromatic nitrogens is 4. The molecule has 7 nitrogen and oxygen atoms in total. The van der Waals surface area contributed by atoms with E-state index in [2.05, 4.69) is 9.97 Å². The maximum Gasteiger partial charge on any atom is 0.329 e. The molecule has 2 N–H and O–H groups in total. The van der Waals surface area contributed by atoms with Crippen LogP contribution >= 0.6 is 0 Å². The molecule has 0 unspecified atom stereocenters. The third-order valence-electron chi connectivity index (χ3n) is 3.43. The van der Waals surface area contributed by atoms with E-state index >= 15 is 0 Å². The van der Waals surface area contributed by atoms with Gasteiger partial charge in [0.2, 0.25) is 0 Å². The van der Waals surface area contributed by atoms with Gasteiger partial charge >= 0.3 is 5.69 Å². The van der Waals surface area contributed by atoms with Crippen molar-refractivity contribution >= 4 is 11.2 Å². The number of aryl methyl sites for hydroxylation is 1. The summed E-state index contributed by atoms with van der Waals surface area (Å²) in [4.78, 5) is 29.8. The van der Waals surface area contributed by atoms with Crippen LogP contribution in [0.15, 0.2) is 46.2 Å². The lowest BCUT2D eigenvalue weighted by Gasteiger charge is -2.12. The van der Waals surface area contributed by atoms with E-state index in [0.717, 1.165) is 5.56 Å². The number of H-pyrrole nitrogens is 1. The normalized spacial score (nSPS) is 12.7. The van der Waals surface area contributed by atoms with Crippen molar-refractivity contribution in [3.63, 3.8) is 0 Å². The summed E-state index contributed by atoms with van der Waals surface area (Å²) in [5.74, 6) is 0. The minimum Gasteiger partial charge on any atom is -0.387 e. The zero-order valence-corrected chi connectivity index (χ0v) is 11.4. The third kappa shape index (κ3) is 2.27. The van der Waals surface area contributed by atoms with Crippen molar-refractivity contribution in [2.45, 2.75) is 12.6 Å². The van der Waals surface area contributed by atoms with Gasteiger partial charge in [-0.25, -0.2) is 9.78 Å². The van der Waals surface area contributed by atoms with Crippen molar-refractivity contribution < 1.29 is 5.11 Å².